The molecule has 0 bridgehead atoms. The summed E-state index contributed by atoms with van der Waals surface area (Å²) in [6, 6.07) is 2.94. The van der Waals surface area contributed by atoms with Crippen molar-refractivity contribution in [3.63, 3.8) is 0 Å². The molecule has 1 N–H and O–H groups in total. The lowest BCUT2D eigenvalue weighted by Gasteiger charge is -2.37. The Hall–Kier alpha value is -0.830. The van der Waals surface area contributed by atoms with Crippen LogP contribution in [0.5, 0.6) is 0 Å². The van der Waals surface area contributed by atoms with Gasteiger partial charge in [0.15, 0.2) is 0 Å². The monoisotopic (exact) mass is 275 g/mol. The lowest BCUT2D eigenvalue weighted by Crippen LogP contribution is -2.36. The number of nitrogens with one attached hydrogen (secondary N) is 1. The first-order valence-corrected chi connectivity index (χ1v) is 8.50. The van der Waals surface area contributed by atoms with Crippen LogP contribution in [0.15, 0.2) is 12.3 Å². The van der Waals surface area contributed by atoms with Gasteiger partial charge in [-0.2, -0.15) is 5.10 Å². The molecule has 3 rings (SSSR count). The lowest BCUT2D eigenvalue weighted by atomic mass is 9.71. The average molecular weight is 275 g/mol. The molecule has 2 aliphatic rings. The summed E-state index contributed by atoms with van der Waals surface area (Å²) < 4.78 is 2.25. The molecule has 20 heavy (non-hydrogen) atoms. The number of hydrogen-bond acceptors (Lipinski definition) is 2. The van der Waals surface area contributed by atoms with Gasteiger partial charge in [-0.15, -0.1) is 0 Å². The maximum absolute atomic E-state index is 4.90. The van der Waals surface area contributed by atoms with Crippen LogP contribution >= 0.6 is 0 Å². The second-order valence-electron chi connectivity index (χ2n) is 6.99. The molecule has 1 heterocycles. The van der Waals surface area contributed by atoms with Crippen LogP contribution in [0.4, 0.5) is 0 Å². The molecule has 0 amide bonds. The zero-order valence-corrected chi connectivity index (χ0v) is 12.9. The van der Waals surface area contributed by atoms with E-state index in [2.05, 4.69) is 29.3 Å². The van der Waals surface area contributed by atoms with E-state index < -0.39 is 0 Å². The Labute approximate surface area is 123 Å². The van der Waals surface area contributed by atoms with Crippen molar-refractivity contribution in [1.82, 2.24) is 15.1 Å². The smallest absolute Gasteiger partial charge is 0.0630 e. The number of nitrogens with zero attached hydrogens (tertiary/aromatic N) is 2. The van der Waals surface area contributed by atoms with Crippen molar-refractivity contribution < 1.29 is 0 Å². The summed E-state index contributed by atoms with van der Waals surface area (Å²) in [5.74, 6) is 0. The van der Waals surface area contributed by atoms with Crippen LogP contribution < -0.4 is 5.32 Å². The van der Waals surface area contributed by atoms with Crippen LogP contribution in [0.1, 0.15) is 69.5 Å². The van der Waals surface area contributed by atoms with Crippen molar-refractivity contribution in [3.8, 4) is 0 Å². The van der Waals surface area contributed by atoms with E-state index in [9.17, 15) is 0 Å². The summed E-state index contributed by atoms with van der Waals surface area (Å²) in [6.07, 6.45) is 15.7. The molecule has 2 saturated carbocycles. The van der Waals surface area contributed by atoms with E-state index in [0.29, 0.717) is 11.5 Å². The molecule has 3 heteroatoms. The van der Waals surface area contributed by atoms with Gasteiger partial charge in [-0.25, -0.2) is 0 Å². The molecule has 3 nitrogen and oxygen atoms in total. The first kappa shape index (κ1) is 14.1. The third-order valence-electron chi connectivity index (χ3n) is 5.38. The minimum Gasteiger partial charge on any atom is -0.319 e. The molecule has 0 saturated heterocycles. The highest BCUT2D eigenvalue weighted by Gasteiger charge is 2.32. The molecular weight excluding hydrogens is 246 g/mol. The van der Waals surface area contributed by atoms with Crippen LogP contribution in [0.3, 0.4) is 0 Å². The van der Waals surface area contributed by atoms with Crippen LogP contribution in [0, 0.1) is 5.41 Å². The summed E-state index contributed by atoms with van der Waals surface area (Å²) in [7, 11) is 2.09. The van der Waals surface area contributed by atoms with Crippen LogP contribution in [0.2, 0.25) is 0 Å². The van der Waals surface area contributed by atoms with Crippen LogP contribution in [-0.4, -0.2) is 23.4 Å². The molecule has 0 radical (unpaired) electrons. The third kappa shape index (κ3) is 3.08. The van der Waals surface area contributed by atoms with Crippen molar-refractivity contribution in [1.29, 1.82) is 0 Å². The van der Waals surface area contributed by atoms with E-state index in [-0.39, 0.29) is 0 Å². The topological polar surface area (TPSA) is 29.9 Å². The zero-order chi connectivity index (χ0) is 13.8. The Morgan fingerprint density at radius 1 is 1.20 bits per heavy atom. The molecular formula is C17H29N3. The second-order valence-corrected chi connectivity index (χ2v) is 6.99. The van der Waals surface area contributed by atoms with E-state index in [1.807, 2.05) is 0 Å². The fourth-order valence-corrected chi connectivity index (χ4v) is 4.32. The third-order valence-corrected chi connectivity index (χ3v) is 5.38. The molecule has 2 aliphatic carbocycles. The number of hydrogen-bond donors (Lipinski definition) is 1. The average Bonchev–Trinajstić information content (AvgIpc) is 3.10. The minimum absolute atomic E-state index is 0.460. The highest BCUT2D eigenvalue weighted by Crippen LogP contribution is 2.38. The van der Waals surface area contributed by atoms with Crippen molar-refractivity contribution in [2.24, 2.45) is 5.41 Å². The molecule has 0 spiro atoms. The van der Waals surface area contributed by atoms with Crippen molar-refractivity contribution in [3.05, 3.63) is 18.0 Å². The fraction of sp³-hybridized carbons (Fsp3) is 0.824. The molecule has 0 aromatic carbocycles. The van der Waals surface area contributed by atoms with Crippen LogP contribution in [-0.2, 0) is 6.42 Å². The summed E-state index contributed by atoms with van der Waals surface area (Å²) >= 11 is 0. The molecule has 112 valence electrons. The van der Waals surface area contributed by atoms with E-state index in [0.717, 1.165) is 13.0 Å². The van der Waals surface area contributed by atoms with Gasteiger partial charge in [0, 0.05) is 12.7 Å². The Balaban J connectivity index is 1.68. The molecule has 0 atom stereocenters. The van der Waals surface area contributed by atoms with E-state index in [1.54, 1.807) is 0 Å². The van der Waals surface area contributed by atoms with Gasteiger partial charge in [-0.1, -0.05) is 32.1 Å². The van der Waals surface area contributed by atoms with E-state index in [4.69, 9.17) is 5.10 Å². The van der Waals surface area contributed by atoms with Gasteiger partial charge in [0.1, 0.15) is 0 Å². The Bertz CT molecular complexity index is 406. The van der Waals surface area contributed by atoms with Gasteiger partial charge >= 0.3 is 0 Å². The second kappa shape index (κ2) is 6.30. The largest absolute Gasteiger partial charge is 0.319 e. The predicted octanol–water partition coefficient (Wildman–Crippen LogP) is 3.71. The van der Waals surface area contributed by atoms with Gasteiger partial charge < -0.3 is 5.32 Å². The quantitative estimate of drug-likeness (QED) is 0.887. The summed E-state index contributed by atoms with van der Waals surface area (Å²) in [4.78, 5) is 0. The first-order valence-electron chi connectivity index (χ1n) is 8.50. The van der Waals surface area contributed by atoms with Gasteiger partial charge in [-0.3, -0.25) is 4.68 Å². The van der Waals surface area contributed by atoms with E-state index in [1.165, 1.54) is 63.5 Å². The van der Waals surface area contributed by atoms with Crippen molar-refractivity contribution in [2.45, 2.75) is 70.3 Å². The molecule has 2 fully saturated rings. The highest BCUT2D eigenvalue weighted by atomic mass is 15.3. The molecule has 1 aromatic rings. The zero-order valence-electron chi connectivity index (χ0n) is 12.9. The summed E-state index contributed by atoms with van der Waals surface area (Å²) in [5.41, 5.74) is 1.77. The van der Waals surface area contributed by atoms with Crippen molar-refractivity contribution in [2.75, 3.05) is 13.6 Å². The maximum Gasteiger partial charge on any atom is 0.0630 e. The maximum atomic E-state index is 4.90. The van der Waals surface area contributed by atoms with E-state index >= 15 is 0 Å². The van der Waals surface area contributed by atoms with Crippen molar-refractivity contribution >= 4 is 0 Å². The first-order chi connectivity index (χ1) is 9.81. The number of aromatic nitrogens is 2. The normalized spacial score (nSPS) is 23.2. The predicted molar refractivity (Wildman–Crippen MR) is 82.9 cm³/mol. The lowest BCUT2D eigenvalue weighted by molar-refractivity contribution is 0.182. The summed E-state index contributed by atoms with van der Waals surface area (Å²) in [5, 5.41) is 8.33. The minimum atomic E-state index is 0.460. The Morgan fingerprint density at radius 3 is 2.65 bits per heavy atom. The number of rotatable bonds is 5. The highest BCUT2D eigenvalue weighted by molar-refractivity contribution is 5.05. The van der Waals surface area contributed by atoms with Gasteiger partial charge in [0.05, 0.1) is 11.7 Å². The van der Waals surface area contributed by atoms with Crippen LogP contribution in [0.25, 0.3) is 0 Å². The Morgan fingerprint density at radius 2 is 1.95 bits per heavy atom. The molecule has 0 unspecified atom stereocenters. The van der Waals surface area contributed by atoms with Gasteiger partial charge in [0.2, 0.25) is 0 Å². The van der Waals surface area contributed by atoms with Gasteiger partial charge in [-0.05, 0) is 50.6 Å². The standard InChI is InChI=1S/C17H29N3/c1-18-14-17(10-5-2-6-11-17)13-15-9-12-20(19-15)16-7-3-4-8-16/h9,12,16,18H,2-8,10-11,13-14H2,1H3. The molecule has 1 aromatic heterocycles. The Kier molecular flexibility index (Phi) is 4.45. The van der Waals surface area contributed by atoms with Gasteiger partial charge in [0.25, 0.3) is 0 Å². The summed E-state index contributed by atoms with van der Waals surface area (Å²) in [6.45, 7) is 1.14. The molecule has 0 aliphatic heterocycles. The fourth-order valence-electron chi connectivity index (χ4n) is 4.32. The SMILES string of the molecule is CNCC1(Cc2ccn(C3CCCC3)n2)CCCCC1.